The molecule has 2 aliphatic carbocycles. The van der Waals surface area contributed by atoms with Gasteiger partial charge < -0.3 is 13.8 Å². The van der Waals surface area contributed by atoms with Gasteiger partial charge in [-0.1, -0.05) is 135 Å². The molecule has 0 atom stereocenters. The molecule has 2 saturated carbocycles. The Hall–Kier alpha value is -5.41. The van der Waals surface area contributed by atoms with Crippen LogP contribution in [-0.2, 0) is 9.31 Å². The lowest BCUT2D eigenvalue weighted by Gasteiger charge is -2.26. The van der Waals surface area contributed by atoms with Gasteiger partial charge in [-0.15, -0.1) is 0 Å². The van der Waals surface area contributed by atoms with E-state index >= 15 is 0 Å². The standard InChI is InChI=1S/C55H55BF10N2O2/c1-34-15-25-44(36(3)27-34)46-29-48(42-21-17-40(18-22-42)38-11-7-5-8-12-38)67-49(46)31-51-47(45-26-16-35(2)28-37(45)4)30-50(43-23-19-41(20-24-43)39-13-9-6-10-14-39)68(51)56(69-32-52(57,58)54(61,62)63)70-33-53(59,60)55(64,65)66/h15-31,38-39H,5-14,32-33H2,1-4H3/b49-31-. The van der Waals surface area contributed by atoms with Gasteiger partial charge in [0.1, 0.15) is 13.2 Å². The Morgan fingerprint density at radius 3 is 1.47 bits per heavy atom. The summed E-state index contributed by atoms with van der Waals surface area (Å²) in [5, 5.41) is 0. The van der Waals surface area contributed by atoms with Crippen LogP contribution in [0, 0.1) is 27.7 Å². The first-order chi connectivity index (χ1) is 33.1. The Bertz CT molecular complexity index is 2730. The van der Waals surface area contributed by atoms with Crippen molar-refractivity contribution in [1.29, 1.82) is 0 Å². The molecule has 370 valence electrons. The van der Waals surface area contributed by atoms with Crippen molar-refractivity contribution in [1.82, 2.24) is 4.48 Å². The fraction of sp³-hybridized carbons (Fsp3) is 0.400. The van der Waals surface area contributed by atoms with E-state index in [2.05, 4.69) is 12.1 Å². The van der Waals surface area contributed by atoms with Crippen molar-refractivity contribution in [2.75, 3.05) is 13.2 Å². The van der Waals surface area contributed by atoms with E-state index in [-0.39, 0.29) is 23.0 Å². The summed E-state index contributed by atoms with van der Waals surface area (Å²) in [7, 11) is -2.70. The van der Waals surface area contributed by atoms with Gasteiger partial charge in [0, 0.05) is 28.1 Å². The monoisotopic (exact) mass is 976 g/mol. The van der Waals surface area contributed by atoms with E-state index in [4.69, 9.17) is 14.3 Å². The van der Waals surface area contributed by atoms with Gasteiger partial charge in [0.2, 0.25) is 0 Å². The second-order valence-electron chi connectivity index (χ2n) is 19.2. The van der Waals surface area contributed by atoms with E-state index < -0.39 is 44.7 Å². The number of aromatic nitrogens is 1. The van der Waals surface area contributed by atoms with E-state index in [1.165, 1.54) is 18.1 Å². The molecule has 2 fully saturated rings. The van der Waals surface area contributed by atoms with Gasteiger partial charge in [-0.05, 0) is 122 Å². The second kappa shape index (κ2) is 20.4. The van der Waals surface area contributed by atoms with Crippen LogP contribution in [0.3, 0.4) is 0 Å². The summed E-state index contributed by atoms with van der Waals surface area (Å²) in [5.41, 5.74) is 9.70. The molecule has 15 heteroatoms. The average molecular weight is 977 g/mol. The number of hydrogen-bond acceptors (Lipinski definition) is 3. The maximum atomic E-state index is 14.9. The van der Waals surface area contributed by atoms with Crippen molar-refractivity contribution in [3.05, 3.63) is 153 Å². The summed E-state index contributed by atoms with van der Waals surface area (Å²) in [6, 6.07) is 28.1. The van der Waals surface area contributed by atoms with Gasteiger partial charge >= 0.3 is 31.5 Å². The lowest BCUT2D eigenvalue weighted by molar-refractivity contribution is -0.295. The van der Waals surface area contributed by atoms with E-state index in [0.29, 0.717) is 39.5 Å². The average Bonchev–Trinajstić information content (AvgIpc) is 3.90. The number of alkyl halides is 10. The quantitative estimate of drug-likeness (QED) is 0.0821. The molecular formula is C55H55BF10N2O2. The predicted octanol–water partition coefficient (Wildman–Crippen LogP) is 16.3. The summed E-state index contributed by atoms with van der Waals surface area (Å²) in [4.78, 5) is 5.12. The molecule has 8 rings (SSSR count). The highest BCUT2D eigenvalue weighted by molar-refractivity contribution is 6.44. The molecule has 4 aromatic carbocycles. The molecular weight excluding hydrogens is 921 g/mol. The molecule has 0 bridgehead atoms. The Morgan fingerprint density at radius 2 is 1.01 bits per heavy atom. The first-order valence-corrected chi connectivity index (χ1v) is 23.9. The number of nitrogens with zero attached hydrogens (tertiary/aromatic N) is 2. The first-order valence-electron chi connectivity index (χ1n) is 23.9. The molecule has 4 nitrogen and oxygen atoms in total. The van der Waals surface area contributed by atoms with Crippen LogP contribution in [-0.4, -0.2) is 54.9 Å². The normalized spacial score (nSPS) is 17.3. The number of aryl methyl sites for hydroxylation is 4. The minimum atomic E-state index is -6.17. The van der Waals surface area contributed by atoms with Crippen molar-refractivity contribution in [2.45, 2.75) is 128 Å². The molecule has 1 aromatic heterocycles. The van der Waals surface area contributed by atoms with Crippen LogP contribution in [0.4, 0.5) is 43.9 Å². The third-order valence-electron chi connectivity index (χ3n) is 13.9. The zero-order chi connectivity index (χ0) is 50.2. The second-order valence-corrected chi connectivity index (χ2v) is 19.2. The summed E-state index contributed by atoms with van der Waals surface area (Å²) in [6.45, 7) is 2.56. The molecule has 2 heterocycles. The smallest absolute Gasteiger partial charge is 0.385 e. The largest absolute Gasteiger partial charge is 0.598 e. The van der Waals surface area contributed by atoms with Crippen LogP contribution in [0.5, 0.6) is 0 Å². The van der Waals surface area contributed by atoms with Crippen LogP contribution >= 0.6 is 0 Å². The molecule has 5 aromatic rings. The van der Waals surface area contributed by atoms with Crippen molar-refractivity contribution in [3.8, 4) is 22.4 Å². The fourth-order valence-corrected chi connectivity index (χ4v) is 10.1. The van der Waals surface area contributed by atoms with Gasteiger partial charge in [-0.3, -0.25) is 0 Å². The van der Waals surface area contributed by atoms with Gasteiger partial charge in [-0.2, -0.15) is 43.9 Å². The number of benzene rings is 4. The van der Waals surface area contributed by atoms with Crippen molar-refractivity contribution >= 4 is 24.6 Å². The molecule has 70 heavy (non-hydrogen) atoms. The third kappa shape index (κ3) is 11.1. The van der Waals surface area contributed by atoms with Crippen LogP contribution in [0.25, 0.3) is 34.0 Å². The number of allylic oxidation sites excluding steroid dienone is 2. The predicted molar refractivity (Wildman–Crippen MR) is 256 cm³/mol. The van der Waals surface area contributed by atoms with Gasteiger partial charge in [0.15, 0.2) is 0 Å². The van der Waals surface area contributed by atoms with Crippen LogP contribution in [0.15, 0.2) is 108 Å². The SMILES string of the molecule is Cc1ccc(C2=CC(c3ccc(C4CCCCC4)cc3)=N/C2=C\c2c(-c3ccc(C)cc3C)cc(-c3ccc(C4CCCCC4)cc3)n2B(OCC(F)(F)C(F)(F)F)OCC(F)(F)C(F)(F)F)c(C)c1. The summed E-state index contributed by atoms with van der Waals surface area (Å²) in [5.74, 6) is -10.5. The van der Waals surface area contributed by atoms with Crippen LogP contribution < -0.4 is 0 Å². The number of hydrogen-bond donors (Lipinski definition) is 0. The lowest BCUT2D eigenvalue weighted by atomic mass is 9.84. The zero-order valence-electron chi connectivity index (χ0n) is 39.5. The molecule has 0 spiro atoms. The highest BCUT2D eigenvalue weighted by Crippen LogP contribution is 2.44. The molecule has 0 unspecified atom stereocenters. The topological polar surface area (TPSA) is 35.8 Å². The van der Waals surface area contributed by atoms with Crippen molar-refractivity contribution < 1.29 is 53.2 Å². The zero-order valence-corrected chi connectivity index (χ0v) is 39.5. The highest BCUT2D eigenvalue weighted by atomic mass is 19.4. The molecule has 1 aliphatic heterocycles. The Labute approximate surface area is 402 Å². The minimum absolute atomic E-state index is 0.0187. The maximum absolute atomic E-state index is 14.9. The lowest BCUT2D eigenvalue weighted by Crippen LogP contribution is -2.48. The number of aliphatic imine (C=N–C) groups is 1. The van der Waals surface area contributed by atoms with E-state index in [1.54, 1.807) is 37.3 Å². The molecule has 0 amide bonds. The van der Waals surface area contributed by atoms with Gasteiger partial charge in [0.25, 0.3) is 0 Å². The van der Waals surface area contributed by atoms with E-state index in [1.807, 2.05) is 75.4 Å². The molecule has 3 aliphatic rings. The summed E-state index contributed by atoms with van der Waals surface area (Å²) < 4.78 is 154. The maximum Gasteiger partial charge on any atom is 0.598 e. The summed E-state index contributed by atoms with van der Waals surface area (Å²) >= 11 is 0. The van der Waals surface area contributed by atoms with Crippen LogP contribution in [0.2, 0.25) is 0 Å². The highest BCUT2D eigenvalue weighted by Gasteiger charge is 2.60. The van der Waals surface area contributed by atoms with Gasteiger partial charge in [0.05, 0.1) is 11.4 Å². The van der Waals surface area contributed by atoms with Crippen molar-refractivity contribution in [3.63, 3.8) is 0 Å². The third-order valence-corrected chi connectivity index (χ3v) is 13.9. The fourth-order valence-electron chi connectivity index (χ4n) is 10.1. The summed E-state index contributed by atoms with van der Waals surface area (Å²) in [6.07, 6.45) is 1.81. The molecule has 0 radical (unpaired) electrons. The Morgan fingerprint density at radius 1 is 0.557 bits per heavy atom. The van der Waals surface area contributed by atoms with Crippen molar-refractivity contribution in [2.24, 2.45) is 4.99 Å². The number of halogens is 10. The number of rotatable bonds is 14. The van der Waals surface area contributed by atoms with Crippen LogP contribution in [0.1, 0.15) is 126 Å². The molecule has 0 N–H and O–H groups in total. The Balaban J connectivity index is 1.38. The molecule has 0 saturated heterocycles. The first kappa shape index (κ1) is 51.0. The van der Waals surface area contributed by atoms with E-state index in [9.17, 15) is 43.9 Å². The minimum Gasteiger partial charge on any atom is -0.385 e. The Kier molecular flexibility index (Phi) is 14.8. The van der Waals surface area contributed by atoms with Gasteiger partial charge in [-0.25, -0.2) is 4.99 Å². The van der Waals surface area contributed by atoms with E-state index in [0.717, 1.165) is 95.6 Å².